The monoisotopic (exact) mass is 932 g/mol. The maximum absolute atomic E-state index is 13.4. The van der Waals surface area contributed by atoms with Gasteiger partial charge in [0.15, 0.2) is 5.65 Å². The van der Waals surface area contributed by atoms with E-state index in [-0.39, 0.29) is 25.3 Å². The molecule has 6 rings (SSSR count). The Balaban J connectivity index is -0.000000199. The minimum Gasteiger partial charge on any atom is -0.497 e. The standard InChI is InChI=1S/C24H27N5O3S.C24H6.H3N5O3S.10H2/c1-31-18-6-4-16(5-7-18)12-28-23-21(22-25-15-26-29(22)24(28)30)19-3-2-9-27(13-20(19)33-23)11-17-8-10-32-14-17;1-3-5-7-9-11-13-15-17-19-21-23-24-22-20-18-16-14-12-10-8-6-4-2;1-2-3-4-5(7-6)8-9;;;;;;;;;;/h4-7,15,17H,2-3,8-14H2,1H3;1-2H3;1,6,9H;10*1H/b;;2-1?,4-3+;;;;;;;;;;. The molecule has 2 N–H and O–H groups in total. The lowest BCUT2D eigenvalue weighted by Gasteiger charge is -2.22. The van der Waals surface area contributed by atoms with Gasteiger partial charge in [-0.1, -0.05) is 29.0 Å². The molecule has 2 aliphatic heterocycles. The molecule has 18 heteroatoms. The van der Waals surface area contributed by atoms with Gasteiger partial charge in [-0.15, -0.1) is 11.3 Å². The highest BCUT2D eigenvalue weighted by Crippen LogP contribution is 2.36. The SMILES string of the molecule is CC#CC#CC#CC#CC#CC#CC#CC#CC#CC#CC#CC.COc1ccc(Cn2c(=O)n3ncnc3c3c4c(sc32)CN(CC2CCOC2)CCC4)cc1.N=N/N=N/N(OO)OS.[HH].[HH].[HH].[HH].[HH].[HH].[HH].[HH].[HH].[HH]. The van der Waals surface area contributed by atoms with Crippen LogP contribution < -0.4 is 10.4 Å². The van der Waals surface area contributed by atoms with Crippen LogP contribution in [0, 0.1) is 142 Å². The van der Waals surface area contributed by atoms with Crippen molar-refractivity contribution >= 4 is 40.1 Å². The highest BCUT2D eigenvalue weighted by molar-refractivity contribution is 7.75. The van der Waals surface area contributed by atoms with Crippen LogP contribution >= 0.6 is 24.2 Å². The number of hydrogen-bond acceptors (Lipinski definition) is 13. The molecule has 66 heavy (non-hydrogen) atoms. The summed E-state index contributed by atoms with van der Waals surface area (Å²) < 4.78 is 18.0. The van der Waals surface area contributed by atoms with E-state index < -0.39 is 0 Å². The third-order valence-electron chi connectivity index (χ3n) is 8.54. The molecule has 0 bridgehead atoms. The molecule has 1 fully saturated rings. The molecule has 1 unspecified atom stereocenters. The molecule has 0 radical (unpaired) electrons. The zero-order valence-electron chi connectivity index (χ0n) is 35.7. The Bertz CT molecular complexity index is 3130. The fourth-order valence-corrected chi connectivity index (χ4v) is 7.35. The Morgan fingerprint density at radius 2 is 1.50 bits per heavy atom. The topological polar surface area (TPSA) is 177 Å². The number of thiophene rings is 1. The number of aryl methyl sites for hydroxylation is 1. The van der Waals surface area contributed by atoms with Gasteiger partial charge in [-0.05, 0) is 174 Å². The summed E-state index contributed by atoms with van der Waals surface area (Å²) in [6.45, 7) is 8.72. The summed E-state index contributed by atoms with van der Waals surface area (Å²) in [5.74, 6) is 57.0. The summed E-state index contributed by atoms with van der Waals surface area (Å²) in [5, 5.41) is 21.2. The molecule has 2 aliphatic rings. The van der Waals surface area contributed by atoms with Crippen molar-refractivity contribution < 1.29 is 38.3 Å². The average Bonchev–Trinajstić information content (AvgIpc) is 4.10. The van der Waals surface area contributed by atoms with Crippen molar-refractivity contribution in [1.82, 2.24) is 29.4 Å². The van der Waals surface area contributed by atoms with Gasteiger partial charge in [0.1, 0.15) is 16.9 Å². The summed E-state index contributed by atoms with van der Waals surface area (Å²) in [6.07, 6.45) is 4.74. The second-order valence-corrected chi connectivity index (χ2v) is 13.9. The van der Waals surface area contributed by atoms with Gasteiger partial charge in [0.05, 0.1) is 25.6 Å². The summed E-state index contributed by atoms with van der Waals surface area (Å²) in [5.41, 5.74) is 8.97. The van der Waals surface area contributed by atoms with Crippen molar-refractivity contribution in [2.75, 3.05) is 33.4 Å². The number of nitrogens with one attached hydrogen (secondary N) is 1. The van der Waals surface area contributed by atoms with Gasteiger partial charge in [-0.2, -0.15) is 19.4 Å². The molecule has 0 amide bonds. The molecule has 1 aromatic carbocycles. The normalized spacial score (nSPS) is 12.4. The Kier molecular flexibility index (Phi) is 22.7. The molecule has 0 saturated carbocycles. The van der Waals surface area contributed by atoms with E-state index in [9.17, 15) is 4.79 Å². The fourth-order valence-electron chi connectivity index (χ4n) is 5.91. The second kappa shape index (κ2) is 29.9. The van der Waals surface area contributed by atoms with Crippen LogP contribution in [0.2, 0.25) is 0 Å². The van der Waals surface area contributed by atoms with Crippen LogP contribution in [0.3, 0.4) is 0 Å². The van der Waals surface area contributed by atoms with Crippen LogP contribution in [0.4, 0.5) is 0 Å². The highest BCUT2D eigenvalue weighted by Gasteiger charge is 2.27. The first-order valence-electron chi connectivity index (χ1n) is 19.3. The van der Waals surface area contributed by atoms with Crippen molar-refractivity contribution in [3.05, 3.63) is 57.1 Å². The van der Waals surface area contributed by atoms with Crippen LogP contribution in [-0.4, -0.2) is 68.1 Å². The van der Waals surface area contributed by atoms with Crippen LogP contribution in [0.15, 0.2) is 51.1 Å². The molecular formula is C48H56N10O6S2. The third-order valence-corrected chi connectivity index (χ3v) is 9.92. The van der Waals surface area contributed by atoms with Crippen molar-refractivity contribution in [3.8, 4) is 136 Å². The predicted molar refractivity (Wildman–Crippen MR) is 271 cm³/mol. The number of ether oxygens (including phenoxy) is 2. The third kappa shape index (κ3) is 16.7. The Labute approximate surface area is 406 Å². The molecule has 3 aromatic heterocycles. The summed E-state index contributed by atoms with van der Waals surface area (Å²) in [6, 6.07) is 7.87. The molecule has 0 aliphatic carbocycles. The van der Waals surface area contributed by atoms with E-state index in [2.05, 4.69) is 183 Å². The summed E-state index contributed by atoms with van der Waals surface area (Å²) >= 11 is 4.90. The molecular weight excluding hydrogens is 877 g/mol. The van der Waals surface area contributed by atoms with Gasteiger partial charge in [0, 0.05) is 86.0 Å². The average molecular weight is 933 g/mol. The number of methoxy groups -OCH3 is 1. The number of rotatable bonds is 9. The van der Waals surface area contributed by atoms with Crippen LogP contribution in [0.1, 0.15) is 57.0 Å². The molecule has 0 spiro atoms. The van der Waals surface area contributed by atoms with Gasteiger partial charge in [0.25, 0.3) is 0 Å². The highest BCUT2D eigenvalue weighted by atomic mass is 32.1. The first kappa shape index (κ1) is 50.3. The second-order valence-electron chi connectivity index (χ2n) is 12.6. The van der Waals surface area contributed by atoms with Crippen LogP contribution in [0.5, 0.6) is 5.75 Å². The summed E-state index contributed by atoms with van der Waals surface area (Å²) in [7, 11) is 1.66. The number of nitrogens with zero attached hydrogens (tertiary/aromatic N) is 9. The van der Waals surface area contributed by atoms with Gasteiger partial charge >= 0.3 is 5.69 Å². The van der Waals surface area contributed by atoms with Crippen molar-refractivity contribution in [1.29, 1.82) is 5.53 Å². The Hall–Kier alpha value is -8.36. The van der Waals surface area contributed by atoms with E-state index >= 15 is 0 Å². The minimum absolute atomic E-state index is 0. The van der Waals surface area contributed by atoms with Gasteiger partial charge in [-0.3, -0.25) is 9.47 Å². The smallest absolute Gasteiger partial charge is 0.352 e. The van der Waals surface area contributed by atoms with Crippen LogP contribution in [0.25, 0.3) is 15.9 Å². The van der Waals surface area contributed by atoms with Crippen LogP contribution in [-0.2, 0) is 33.5 Å². The van der Waals surface area contributed by atoms with E-state index in [0.29, 0.717) is 18.1 Å². The van der Waals surface area contributed by atoms with Gasteiger partial charge < -0.3 is 9.47 Å². The molecule has 16 nitrogen and oxygen atoms in total. The number of hydrogen-bond donors (Lipinski definition) is 3. The first-order chi connectivity index (χ1) is 32.5. The number of aromatic nitrogens is 4. The largest absolute Gasteiger partial charge is 0.497 e. The fraction of sp³-hybridized carbons (Fsp3) is 0.271. The van der Waals surface area contributed by atoms with E-state index in [1.54, 1.807) is 32.3 Å². The molecule has 1 saturated heterocycles. The number of thiol groups is 1. The Morgan fingerprint density at radius 3 is 1.98 bits per heavy atom. The predicted octanol–water partition coefficient (Wildman–Crippen LogP) is 7.25. The van der Waals surface area contributed by atoms with Gasteiger partial charge in [0.2, 0.25) is 0 Å². The quantitative estimate of drug-likeness (QED) is 0.0387. The maximum atomic E-state index is 13.4. The van der Waals surface area contributed by atoms with Crippen molar-refractivity contribution in [2.45, 2.75) is 46.2 Å². The number of fused-ring (bicyclic) bond motifs is 5. The molecule has 5 heterocycles. The molecule has 4 aromatic rings. The zero-order chi connectivity index (χ0) is 47.0. The molecule has 346 valence electrons. The first-order valence-corrected chi connectivity index (χ1v) is 20.5. The van der Waals surface area contributed by atoms with E-state index in [1.807, 2.05) is 28.8 Å². The lowest BCUT2D eigenvalue weighted by Crippen LogP contribution is -2.29. The lowest BCUT2D eigenvalue weighted by atomic mass is 10.1. The molecule has 1 atom stereocenters. The van der Waals surface area contributed by atoms with E-state index in [4.69, 9.17) is 20.3 Å². The van der Waals surface area contributed by atoms with E-state index in [1.165, 1.54) is 21.3 Å². The minimum atomic E-state index is -0.151. The summed E-state index contributed by atoms with van der Waals surface area (Å²) in [4.78, 5) is 26.1. The van der Waals surface area contributed by atoms with E-state index in [0.717, 1.165) is 73.6 Å². The number of benzene rings is 1. The van der Waals surface area contributed by atoms with Crippen molar-refractivity contribution in [3.63, 3.8) is 0 Å². The zero-order valence-corrected chi connectivity index (χ0v) is 37.4. The Morgan fingerprint density at radius 1 is 0.924 bits per heavy atom. The van der Waals surface area contributed by atoms with Crippen molar-refractivity contribution in [2.24, 2.45) is 21.6 Å². The lowest BCUT2D eigenvalue weighted by molar-refractivity contribution is -0.478. The van der Waals surface area contributed by atoms with Gasteiger partial charge in [-0.25, -0.2) is 15.0 Å². The maximum Gasteiger partial charge on any atom is 0.352 e.